The lowest BCUT2D eigenvalue weighted by Crippen LogP contribution is -2.45. The molecule has 2 fully saturated rings. The molecule has 1 aromatic rings. The Morgan fingerprint density at radius 2 is 1.70 bits per heavy atom. The summed E-state index contributed by atoms with van der Waals surface area (Å²) in [6, 6.07) is 3.75. The Kier molecular flexibility index (Phi) is 6.26. The highest BCUT2D eigenvalue weighted by molar-refractivity contribution is 7.89. The lowest BCUT2D eigenvalue weighted by molar-refractivity contribution is -0.134. The number of carbonyl (C=O) groups is 1. The number of hydrogen-bond acceptors (Lipinski definition) is 3. The van der Waals surface area contributed by atoms with E-state index in [9.17, 15) is 13.2 Å². The van der Waals surface area contributed by atoms with Crippen molar-refractivity contribution in [1.29, 1.82) is 0 Å². The lowest BCUT2D eigenvalue weighted by atomic mass is 9.75. The summed E-state index contributed by atoms with van der Waals surface area (Å²) in [7, 11) is -3.60. The van der Waals surface area contributed by atoms with E-state index in [1.54, 1.807) is 0 Å². The second-order valence-electron chi connectivity index (χ2n) is 8.31. The minimum absolute atomic E-state index is 0.0686. The molecule has 1 heterocycles. The fourth-order valence-corrected chi connectivity index (χ4v) is 6.42. The predicted molar refractivity (Wildman–Crippen MR) is 107 cm³/mol. The number of aryl methyl sites for hydroxylation is 3. The van der Waals surface area contributed by atoms with E-state index in [1.165, 1.54) is 25.7 Å². The van der Waals surface area contributed by atoms with Crippen LogP contribution in [-0.4, -0.2) is 38.9 Å². The number of rotatable bonds is 5. The zero-order valence-electron chi connectivity index (χ0n) is 16.8. The van der Waals surface area contributed by atoms with Gasteiger partial charge in [-0.05, 0) is 56.6 Å². The van der Waals surface area contributed by atoms with E-state index in [-0.39, 0.29) is 18.9 Å². The van der Waals surface area contributed by atoms with E-state index in [4.69, 9.17) is 0 Å². The zero-order chi connectivity index (χ0) is 19.6. The van der Waals surface area contributed by atoms with Crippen LogP contribution in [0.3, 0.4) is 0 Å². The molecule has 1 aliphatic carbocycles. The van der Waals surface area contributed by atoms with Crippen molar-refractivity contribution < 1.29 is 13.2 Å². The molecule has 2 atom stereocenters. The number of nitrogens with zero attached hydrogens (tertiary/aromatic N) is 1. The van der Waals surface area contributed by atoms with Crippen molar-refractivity contribution in [2.45, 2.75) is 64.2 Å². The van der Waals surface area contributed by atoms with Crippen LogP contribution < -0.4 is 4.72 Å². The summed E-state index contributed by atoms with van der Waals surface area (Å²) >= 11 is 0. The largest absolute Gasteiger partial charge is 0.342 e. The molecule has 1 saturated carbocycles. The molecule has 1 amide bonds. The first-order chi connectivity index (χ1) is 12.8. The predicted octanol–water partition coefficient (Wildman–Crippen LogP) is 3.32. The van der Waals surface area contributed by atoms with Crippen LogP contribution in [0.5, 0.6) is 0 Å². The van der Waals surface area contributed by atoms with Gasteiger partial charge in [-0.3, -0.25) is 4.79 Å². The molecule has 2 aliphatic rings. The van der Waals surface area contributed by atoms with E-state index in [2.05, 4.69) is 4.72 Å². The number of fused-ring (bicyclic) bond motifs is 1. The molecule has 1 saturated heterocycles. The van der Waals surface area contributed by atoms with E-state index in [1.807, 2.05) is 37.8 Å². The molecular weight excluding hydrogens is 360 g/mol. The Labute approximate surface area is 163 Å². The highest BCUT2D eigenvalue weighted by Gasteiger charge is 2.32. The third-order valence-electron chi connectivity index (χ3n) is 6.15. The molecule has 1 aliphatic heterocycles. The number of amides is 1. The van der Waals surface area contributed by atoms with Gasteiger partial charge in [0.2, 0.25) is 15.9 Å². The smallest absolute Gasteiger partial charge is 0.241 e. The average Bonchev–Trinajstić information content (AvgIpc) is 2.59. The maximum absolute atomic E-state index is 12.7. The van der Waals surface area contributed by atoms with Crippen molar-refractivity contribution in [3.63, 3.8) is 0 Å². The molecule has 0 aromatic heterocycles. The summed E-state index contributed by atoms with van der Waals surface area (Å²) < 4.78 is 28.0. The molecule has 1 aromatic carbocycles. The Balaban J connectivity index is 1.55. The zero-order valence-corrected chi connectivity index (χ0v) is 17.6. The molecule has 0 spiro atoms. The Bertz CT molecular complexity index is 781. The molecule has 5 nitrogen and oxygen atoms in total. The van der Waals surface area contributed by atoms with E-state index in [0.29, 0.717) is 10.8 Å². The van der Waals surface area contributed by atoms with Gasteiger partial charge in [-0.1, -0.05) is 37.0 Å². The monoisotopic (exact) mass is 392 g/mol. The second kappa shape index (κ2) is 8.31. The standard InChI is InChI=1S/C21H32N2O3S/c1-15-12-16(2)21(17(3)13-15)27(25,26)22-10-8-20(24)23-11-9-18-6-4-5-7-19(18)14-23/h12-13,18-19,22H,4-11,14H2,1-3H3/t18-,19+/m0/s1. The molecule has 0 radical (unpaired) electrons. The van der Waals surface area contributed by atoms with E-state index in [0.717, 1.165) is 42.1 Å². The summed E-state index contributed by atoms with van der Waals surface area (Å²) in [5, 5.41) is 0. The molecule has 27 heavy (non-hydrogen) atoms. The van der Waals surface area contributed by atoms with Crippen LogP contribution >= 0.6 is 0 Å². The van der Waals surface area contributed by atoms with Gasteiger partial charge < -0.3 is 4.90 Å². The minimum atomic E-state index is -3.60. The van der Waals surface area contributed by atoms with Crippen LogP contribution in [0.4, 0.5) is 0 Å². The van der Waals surface area contributed by atoms with Crippen molar-refractivity contribution in [2.75, 3.05) is 19.6 Å². The highest BCUT2D eigenvalue weighted by Crippen LogP contribution is 2.36. The highest BCUT2D eigenvalue weighted by atomic mass is 32.2. The van der Waals surface area contributed by atoms with E-state index >= 15 is 0 Å². The van der Waals surface area contributed by atoms with Gasteiger partial charge in [0.1, 0.15) is 0 Å². The van der Waals surface area contributed by atoms with Crippen molar-refractivity contribution >= 4 is 15.9 Å². The quantitative estimate of drug-likeness (QED) is 0.836. The van der Waals surface area contributed by atoms with Gasteiger partial charge in [-0.15, -0.1) is 0 Å². The summed E-state index contributed by atoms with van der Waals surface area (Å²) in [6.07, 6.45) is 6.46. The topological polar surface area (TPSA) is 66.5 Å². The summed E-state index contributed by atoms with van der Waals surface area (Å²) in [5.41, 5.74) is 2.53. The van der Waals surface area contributed by atoms with Crippen molar-refractivity contribution in [3.05, 3.63) is 28.8 Å². The van der Waals surface area contributed by atoms with Crippen molar-refractivity contribution in [3.8, 4) is 0 Å². The molecule has 6 heteroatoms. The number of nitrogens with one attached hydrogen (secondary N) is 1. The number of likely N-dealkylation sites (tertiary alicyclic amines) is 1. The number of benzene rings is 1. The molecular formula is C21H32N2O3S. The lowest BCUT2D eigenvalue weighted by Gasteiger charge is -2.41. The minimum Gasteiger partial charge on any atom is -0.342 e. The third kappa shape index (κ3) is 4.72. The summed E-state index contributed by atoms with van der Waals surface area (Å²) in [5.74, 6) is 1.50. The van der Waals surface area contributed by atoms with Gasteiger partial charge in [-0.25, -0.2) is 13.1 Å². The number of carbonyl (C=O) groups excluding carboxylic acids is 1. The van der Waals surface area contributed by atoms with Crippen LogP contribution in [0.2, 0.25) is 0 Å². The van der Waals surface area contributed by atoms with Gasteiger partial charge in [0.05, 0.1) is 4.90 Å². The molecule has 3 rings (SSSR count). The van der Waals surface area contributed by atoms with Gasteiger partial charge in [0, 0.05) is 26.1 Å². The maximum atomic E-state index is 12.7. The Morgan fingerprint density at radius 1 is 1.07 bits per heavy atom. The fourth-order valence-electron chi connectivity index (χ4n) is 4.94. The third-order valence-corrected chi connectivity index (χ3v) is 7.91. The first-order valence-corrected chi connectivity index (χ1v) is 11.6. The maximum Gasteiger partial charge on any atom is 0.241 e. The second-order valence-corrected chi connectivity index (χ2v) is 10.0. The van der Waals surface area contributed by atoms with Crippen LogP contribution in [0.15, 0.2) is 17.0 Å². The molecule has 0 unspecified atom stereocenters. The fraction of sp³-hybridized carbons (Fsp3) is 0.667. The molecule has 150 valence electrons. The summed E-state index contributed by atoms with van der Waals surface area (Å²) in [6.45, 7) is 7.41. The van der Waals surface area contributed by atoms with E-state index < -0.39 is 10.0 Å². The molecule has 1 N–H and O–H groups in total. The Hall–Kier alpha value is -1.40. The van der Waals surface area contributed by atoms with Crippen LogP contribution in [0.1, 0.15) is 55.2 Å². The van der Waals surface area contributed by atoms with Crippen LogP contribution in [-0.2, 0) is 14.8 Å². The van der Waals surface area contributed by atoms with Crippen LogP contribution in [0, 0.1) is 32.6 Å². The number of piperidine rings is 1. The van der Waals surface area contributed by atoms with Gasteiger partial charge >= 0.3 is 0 Å². The first kappa shape index (κ1) is 20.3. The van der Waals surface area contributed by atoms with Crippen molar-refractivity contribution in [2.24, 2.45) is 11.8 Å². The van der Waals surface area contributed by atoms with Gasteiger partial charge in [-0.2, -0.15) is 0 Å². The molecule has 0 bridgehead atoms. The van der Waals surface area contributed by atoms with Crippen molar-refractivity contribution in [1.82, 2.24) is 9.62 Å². The van der Waals surface area contributed by atoms with Crippen LogP contribution in [0.25, 0.3) is 0 Å². The normalized spacial score (nSPS) is 23.1. The summed E-state index contributed by atoms with van der Waals surface area (Å²) in [4.78, 5) is 14.8. The number of sulfonamides is 1. The van der Waals surface area contributed by atoms with Gasteiger partial charge in [0.15, 0.2) is 0 Å². The first-order valence-electron chi connectivity index (χ1n) is 10.1. The van der Waals surface area contributed by atoms with Gasteiger partial charge in [0.25, 0.3) is 0 Å². The average molecular weight is 393 g/mol. The number of hydrogen-bond donors (Lipinski definition) is 1. The Morgan fingerprint density at radius 3 is 2.37 bits per heavy atom. The SMILES string of the molecule is Cc1cc(C)c(S(=O)(=O)NCCC(=O)N2CC[C@@H]3CCCC[C@@H]3C2)c(C)c1.